The predicted octanol–water partition coefficient (Wildman–Crippen LogP) is 22.0. The summed E-state index contributed by atoms with van der Waals surface area (Å²) in [5.41, 5.74) is 0. The summed E-state index contributed by atoms with van der Waals surface area (Å²) in [6.07, 6.45) is 79.6. The topological polar surface area (TPSA) is 95.9 Å². The van der Waals surface area contributed by atoms with Crippen LogP contribution in [-0.4, -0.2) is 47.4 Å². The summed E-state index contributed by atoms with van der Waals surface area (Å²) in [4.78, 5) is 24.6. The van der Waals surface area contributed by atoms with Gasteiger partial charge in [-0.2, -0.15) is 0 Å². The number of ether oxygens (including phenoxy) is 1. The first-order chi connectivity index (χ1) is 37.0. The number of aliphatic hydroxyl groups is 2. The molecule has 0 aliphatic carbocycles. The Morgan fingerprint density at radius 1 is 0.360 bits per heavy atom. The van der Waals surface area contributed by atoms with E-state index in [9.17, 15) is 19.8 Å². The van der Waals surface area contributed by atoms with Crippen LogP contribution in [0.25, 0.3) is 0 Å². The number of carbonyl (C=O) groups is 2. The molecule has 0 rings (SSSR count). The van der Waals surface area contributed by atoms with Crippen LogP contribution in [0.2, 0.25) is 0 Å². The van der Waals surface area contributed by atoms with Crippen molar-refractivity contribution in [1.29, 1.82) is 0 Å². The third-order valence-electron chi connectivity index (χ3n) is 16.3. The Bertz CT molecular complexity index is 1130. The van der Waals surface area contributed by atoms with Gasteiger partial charge in [0.2, 0.25) is 5.91 Å². The second-order valence-electron chi connectivity index (χ2n) is 23.9. The molecule has 0 bridgehead atoms. The second-order valence-corrected chi connectivity index (χ2v) is 23.9. The monoisotopic (exact) mass is 1060 g/mol. The van der Waals surface area contributed by atoms with Gasteiger partial charge in [-0.1, -0.05) is 341 Å². The average Bonchev–Trinajstić information content (AvgIpc) is 3.41. The van der Waals surface area contributed by atoms with Crippen LogP contribution in [0, 0.1) is 0 Å². The first-order valence-corrected chi connectivity index (χ1v) is 34.4. The third-order valence-corrected chi connectivity index (χ3v) is 16.3. The number of rotatable bonds is 65. The molecule has 446 valence electrons. The molecule has 6 heteroatoms. The molecular weight excluding hydrogens is 923 g/mol. The van der Waals surface area contributed by atoms with Crippen LogP contribution < -0.4 is 5.32 Å². The minimum atomic E-state index is -0.669. The number of carbonyl (C=O) groups excluding carboxylic acids is 2. The van der Waals surface area contributed by atoms with Gasteiger partial charge in [-0.05, 0) is 51.4 Å². The van der Waals surface area contributed by atoms with Gasteiger partial charge in [0.05, 0.1) is 25.4 Å². The molecule has 0 aliphatic rings. The van der Waals surface area contributed by atoms with Crippen LogP contribution in [0.3, 0.4) is 0 Å². The van der Waals surface area contributed by atoms with E-state index in [1.165, 1.54) is 321 Å². The Labute approximate surface area is 469 Å². The second kappa shape index (κ2) is 65.1. The van der Waals surface area contributed by atoms with Gasteiger partial charge >= 0.3 is 5.97 Å². The van der Waals surface area contributed by atoms with Gasteiger partial charge in [0.15, 0.2) is 0 Å². The van der Waals surface area contributed by atoms with Crippen molar-refractivity contribution >= 4 is 11.9 Å². The number of allylic oxidation sites excluding steroid dienone is 2. The molecule has 0 heterocycles. The number of hydrogen-bond donors (Lipinski definition) is 3. The summed E-state index contributed by atoms with van der Waals surface area (Å²) >= 11 is 0. The van der Waals surface area contributed by atoms with Gasteiger partial charge in [-0.15, -0.1) is 0 Å². The van der Waals surface area contributed by atoms with Crippen LogP contribution in [0.1, 0.15) is 393 Å². The van der Waals surface area contributed by atoms with Gasteiger partial charge in [0.25, 0.3) is 0 Å². The highest BCUT2D eigenvalue weighted by molar-refractivity contribution is 5.76. The summed E-state index contributed by atoms with van der Waals surface area (Å²) in [6.45, 7) is 4.98. The van der Waals surface area contributed by atoms with E-state index in [-0.39, 0.29) is 18.5 Å². The number of aliphatic hydroxyl groups excluding tert-OH is 2. The van der Waals surface area contributed by atoms with Crippen molar-refractivity contribution in [1.82, 2.24) is 5.32 Å². The fourth-order valence-corrected chi connectivity index (χ4v) is 11.1. The van der Waals surface area contributed by atoms with Crippen molar-refractivity contribution in [3.8, 4) is 0 Å². The van der Waals surface area contributed by atoms with Crippen molar-refractivity contribution in [2.24, 2.45) is 0 Å². The van der Waals surface area contributed by atoms with Crippen molar-refractivity contribution < 1.29 is 24.5 Å². The maximum absolute atomic E-state index is 12.5. The summed E-state index contributed by atoms with van der Waals surface area (Å²) in [7, 11) is 0. The largest absolute Gasteiger partial charge is 0.466 e. The van der Waals surface area contributed by atoms with E-state index in [1.807, 2.05) is 0 Å². The number of nitrogens with one attached hydrogen (secondary N) is 1. The fraction of sp³-hybridized carbons (Fsp3) is 0.942. The lowest BCUT2D eigenvalue weighted by Gasteiger charge is -2.22. The zero-order valence-electron chi connectivity index (χ0n) is 51.1. The molecule has 3 N–H and O–H groups in total. The fourth-order valence-electron chi connectivity index (χ4n) is 11.1. The molecule has 0 aromatic heterocycles. The molecule has 2 atom stereocenters. The Kier molecular flexibility index (Phi) is 63.9. The predicted molar refractivity (Wildman–Crippen MR) is 329 cm³/mol. The molecule has 0 aromatic carbocycles. The standard InChI is InChI=1S/C69H135NO5/c1-3-5-7-9-11-13-15-16-17-18-19-20-21-22-23-26-29-32-35-38-42-45-49-53-57-61-67(72)66(65-71)70-68(73)62-58-54-50-46-43-39-36-33-30-27-24-25-28-31-34-37-40-44-48-52-56-60-64-75-69(74)63-59-55-51-47-41-14-12-10-8-6-4-2/h27,30,66-67,71-72H,3-26,28-29,31-65H2,1-2H3,(H,70,73)/b30-27-. The third kappa shape index (κ3) is 61.7. The first-order valence-electron chi connectivity index (χ1n) is 34.4. The zero-order chi connectivity index (χ0) is 54.3. The minimum absolute atomic E-state index is 0.0108. The highest BCUT2D eigenvalue weighted by Crippen LogP contribution is 2.19. The van der Waals surface area contributed by atoms with Crippen molar-refractivity contribution in [2.75, 3.05) is 13.2 Å². The van der Waals surface area contributed by atoms with Crippen molar-refractivity contribution in [2.45, 2.75) is 405 Å². The molecule has 2 unspecified atom stereocenters. The zero-order valence-corrected chi connectivity index (χ0v) is 51.1. The molecule has 6 nitrogen and oxygen atoms in total. The Morgan fingerprint density at radius 3 is 0.947 bits per heavy atom. The summed E-state index contributed by atoms with van der Waals surface area (Å²) in [5, 5.41) is 23.4. The maximum Gasteiger partial charge on any atom is 0.305 e. The summed E-state index contributed by atoms with van der Waals surface area (Å²) in [6, 6.07) is -0.547. The lowest BCUT2D eigenvalue weighted by atomic mass is 10.0. The highest BCUT2D eigenvalue weighted by Gasteiger charge is 2.20. The summed E-state index contributed by atoms with van der Waals surface area (Å²) < 4.78 is 5.47. The summed E-state index contributed by atoms with van der Waals surface area (Å²) in [5.74, 6) is -0.0261. The number of amides is 1. The molecule has 0 radical (unpaired) electrons. The average molecular weight is 1060 g/mol. The van der Waals surface area contributed by atoms with Crippen molar-refractivity contribution in [3.63, 3.8) is 0 Å². The van der Waals surface area contributed by atoms with Crippen LogP contribution in [0.4, 0.5) is 0 Å². The minimum Gasteiger partial charge on any atom is -0.466 e. The highest BCUT2D eigenvalue weighted by atomic mass is 16.5. The number of unbranched alkanes of at least 4 members (excludes halogenated alkanes) is 52. The molecule has 0 aromatic rings. The van der Waals surface area contributed by atoms with Gasteiger partial charge in [0, 0.05) is 12.8 Å². The smallest absolute Gasteiger partial charge is 0.305 e. The molecule has 0 aliphatic heterocycles. The number of hydrogen-bond acceptors (Lipinski definition) is 5. The molecule has 75 heavy (non-hydrogen) atoms. The molecule has 0 saturated carbocycles. The van der Waals surface area contributed by atoms with Crippen LogP contribution in [0.5, 0.6) is 0 Å². The van der Waals surface area contributed by atoms with Crippen molar-refractivity contribution in [3.05, 3.63) is 12.2 Å². The van der Waals surface area contributed by atoms with Gasteiger partial charge in [-0.25, -0.2) is 0 Å². The van der Waals surface area contributed by atoms with Crippen LogP contribution in [0.15, 0.2) is 12.2 Å². The number of esters is 1. The lowest BCUT2D eigenvalue weighted by molar-refractivity contribution is -0.143. The van der Waals surface area contributed by atoms with Gasteiger partial charge in [-0.3, -0.25) is 9.59 Å². The molecule has 0 spiro atoms. The van der Waals surface area contributed by atoms with E-state index >= 15 is 0 Å². The van der Waals surface area contributed by atoms with E-state index in [0.29, 0.717) is 25.9 Å². The maximum atomic E-state index is 12.5. The Morgan fingerprint density at radius 2 is 0.627 bits per heavy atom. The SMILES string of the molecule is CCCCCCCCCCCCCCCCCCCCCCCCCCCC(O)C(CO)NC(=O)CCCCCCCCC/C=C\CCCCCCCCCCCCCOC(=O)CCCCCCCCCCCCC. The van der Waals surface area contributed by atoms with E-state index in [4.69, 9.17) is 4.74 Å². The normalized spacial score (nSPS) is 12.5. The Hall–Kier alpha value is -1.40. The van der Waals surface area contributed by atoms with E-state index in [1.54, 1.807) is 0 Å². The molecule has 0 saturated heterocycles. The lowest BCUT2D eigenvalue weighted by Crippen LogP contribution is -2.45. The molecular formula is C69H135NO5. The van der Waals surface area contributed by atoms with E-state index in [2.05, 4.69) is 31.3 Å². The van der Waals surface area contributed by atoms with E-state index < -0.39 is 12.1 Å². The first kappa shape index (κ1) is 73.6. The quantitative estimate of drug-likeness (QED) is 0.0320. The molecule has 0 fully saturated rings. The Balaban J connectivity index is 3.41. The van der Waals surface area contributed by atoms with Crippen LogP contribution >= 0.6 is 0 Å². The van der Waals surface area contributed by atoms with E-state index in [0.717, 1.165) is 38.5 Å². The van der Waals surface area contributed by atoms with Gasteiger partial charge < -0.3 is 20.3 Å². The van der Waals surface area contributed by atoms with Crippen LogP contribution in [-0.2, 0) is 14.3 Å². The van der Waals surface area contributed by atoms with Gasteiger partial charge in [0.1, 0.15) is 0 Å². The molecule has 1 amide bonds.